The summed E-state index contributed by atoms with van der Waals surface area (Å²) in [4.78, 5) is 12.8. The van der Waals surface area contributed by atoms with Crippen molar-refractivity contribution in [1.82, 2.24) is 30.1 Å². The summed E-state index contributed by atoms with van der Waals surface area (Å²) in [5.41, 5.74) is 2.09. The fourth-order valence-corrected chi connectivity index (χ4v) is 3.39. The maximum Gasteiger partial charge on any atom is 0.245 e. The number of hydrogen-bond acceptors (Lipinski definition) is 4. The lowest BCUT2D eigenvalue weighted by Crippen LogP contribution is -2.36. The smallest absolute Gasteiger partial charge is 0.245 e. The number of carbonyl (C=O) groups is 1. The number of aromatic nitrogens is 5. The van der Waals surface area contributed by atoms with Crippen molar-refractivity contribution < 1.29 is 4.79 Å². The van der Waals surface area contributed by atoms with Crippen LogP contribution in [0.1, 0.15) is 11.6 Å². The molecule has 1 N–H and O–H groups in total. The van der Waals surface area contributed by atoms with Gasteiger partial charge in [0.25, 0.3) is 0 Å². The molecule has 2 aromatic carbocycles. The van der Waals surface area contributed by atoms with Crippen molar-refractivity contribution in [2.75, 3.05) is 6.54 Å². The highest BCUT2D eigenvalue weighted by Gasteiger charge is 2.22. The maximum atomic E-state index is 12.8. The van der Waals surface area contributed by atoms with Gasteiger partial charge in [-0.05, 0) is 39.6 Å². The molecule has 7 nitrogen and oxygen atoms in total. The number of rotatable bonds is 7. The maximum absolute atomic E-state index is 12.8. The van der Waals surface area contributed by atoms with Crippen LogP contribution in [0.15, 0.2) is 67.1 Å². The molecule has 0 aliphatic rings. The van der Waals surface area contributed by atoms with E-state index in [0.29, 0.717) is 24.5 Å². The zero-order valence-corrected chi connectivity index (χ0v) is 15.8. The summed E-state index contributed by atoms with van der Waals surface area (Å²) >= 11 is 6.10. The number of nitrogens with one attached hydrogen (secondary N) is 1. The summed E-state index contributed by atoms with van der Waals surface area (Å²) in [6, 6.07) is 17.1. The van der Waals surface area contributed by atoms with Gasteiger partial charge < -0.3 is 9.88 Å². The fraction of sp³-hybridized carbons (Fsp3) is 0.200. The van der Waals surface area contributed by atoms with Crippen LogP contribution in [0.2, 0.25) is 5.02 Å². The number of tetrazole rings is 1. The minimum absolute atomic E-state index is 0.120. The van der Waals surface area contributed by atoms with Crippen molar-refractivity contribution >= 4 is 28.4 Å². The first-order valence-corrected chi connectivity index (χ1v) is 9.37. The molecule has 8 heteroatoms. The monoisotopic (exact) mass is 394 g/mol. The highest BCUT2D eigenvalue weighted by atomic mass is 35.5. The molecule has 0 saturated heterocycles. The Labute approximate surface area is 166 Å². The van der Waals surface area contributed by atoms with E-state index in [-0.39, 0.29) is 5.91 Å². The van der Waals surface area contributed by atoms with E-state index in [1.807, 2.05) is 60.8 Å². The number of benzene rings is 2. The third kappa shape index (κ3) is 4.04. The van der Waals surface area contributed by atoms with E-state index < -0.39 is 6.04 Å². The molecule has 2 aromatic heterocycles. The molecule has 0 fully saturated rings. The quantitative estimate of drug-likeness (QED) is 0.523. The number of carbonyl (C=O) groups excluding carboxylic acids is 1. The van der Waals surface area contributed by atoms with E-state index in [2.05, 4.69) is 25.4 Å². The van der Waals surface area contributed by atoms with Gasteiger partial charge in [0, 0.05) is 36.2 Å². The Morgan fingerprint density at radius 2 is 2.00 bits per heavy atom. The Kier molecular flexibility index (Phi) is 5.34. The average molecular weight is 395 g/mol. The van der Waals surface area contributed by atoms with Crippen LogP contribution in [-0.2, 0) is 17.8 Å². The lowest BCUT2D eigenvalue weighted by Gasteiger charge is -2.17. The Bertz CT molecular complexity index is 1060. The van der Waals surface area contributed by atoms with Gasteiger partial charge in [-0.2, -0.15) is 0 Å². The molecule has 28 heavy (non-hydrogen) atoms. The number of amides is 1. The van der Waals surface area contributed by atoms with Crippen molar-refractivity contribution in [3.8, 4) is 0 Å². The summed E-state index contributed by atoms with van der Waals surface area (Å²) in [7, 11) is 0. The number of halogens is 1. The molecular weight excluding hydrogens is 376 g/mol. The number of fused-ring (bicyclic) bond motifs is 1. The molecule has 0 saturated carbocycles. The van der Waals surface area contributed by atoms with Crippen LogP contribution in [0.5, 0.6) is 0 Å². The molecule has 1 amide bonds. The van der Waals surface area contributed by atoms with Crippen molar-refractivity contribution in [2.45, 2.75) is 19.0 Å². The molecule has 0 aliphatic carbocycles. The third-order valence-corrected chi connectivity index (χ3v) is 4.88. The van der Waals surface area contributed by atoms with Crippen LogP contribution in [0.3, 0.4) is 0 Å². The van der Waals surface area contributed by atoms with Crippen LogP contribution in [-0.4, -0.2) is 37.2 Å². The Hall–Kier alpha value is -3.19. The van der Waals surface area contributed by atoms with Gasteiger partial charge in [-0.25, -0.2) is 4.68 Å². The number of nitrogens with zero attached hydrogens (tertiary/aromatic N) is 5. The van der Waals surface area contributed by atoms with Crippen molar-refractivity contribution in [3.05, 3.63) is 77.7 Å². The highest BCUT2D eigenvalue weighted by Crippen LogP contribution is 2.20. The molecule has 1 atom stereocenters. The highest BCUT2D eigenvalue weighted by molar-refractivity contribution is 6.31. The van der Waals surface area contributed by atoms with E-state index >= 15 is 0 Å². The van der Waals surface area contributed by atoms with Gasteiger partial charge in [0.15, 0.2) is 0 Å². The fourth-order valence-electron chi connectivity index (χ4n) is 3.22. The molecule has 4 rings (SSSR count). The predicted octanol–water partition coefficient (Wildman–Crippen LogP) is 2.88. The van der Waals surface area contributed by atoms with Gasteiger partial charge in [-0.3, -0.25) is 4.79 Å². The van der Waals surface area contributed by atoms with Crippen molar-refractivity contribution in [3.63, 3.8) is 0 Å². The summed E-state index contributed by atoms with van der Waals surface area (Å²) in [5.74, 6) is -0.120. The normalized spacial score (nSPS) is 12.2. The van der Waals surface area contributed by atoms with E-state index in [0.717, 1.165) is 16.5 Å². The average Bonchev–Trinajstić information content (AvgIpc) is 3.37. The molecule has 0 unspecified atom stereocenters. The van der Waals surface area contributed by atoms with Gasteiger partial charge in [0.1, 0.15) is 12.4 Å². The summed E-state index contributed by atoms with van der Waals surface area (Å²) in [6.07, 6.45) is 3.98. The van der Waals surface area contributed by atoms with Gasteiger partial charge in [-0.1, -0.05) is 48.0 Å². The standard InChI is InChI=1S/C20H19ClN6O/c21-17-7-6-16-8-10-26(18(16)13-17)11-9-22-20(28)19(27-14-23-24-25-27)12-15-4-2-1-3-5-15/h1-8,10,13-14,19H,9,11-12H2,(H,22,28)/t19-/m1/s1. The molecule has 4 aromatic rings. The molecule has 0 aliphatic heterocycles. The van der Waals surface area contributed by atoms with Gasteiger partial charge >= 0.3 is 0 Å². The van der Waals surface area contributed by atoms with E-state index in [9.17, 15) is 4.79 Å². The van der Waals surface area contributed by atoms with Crippen LogP contribution in [0, 0.1) is 0 Å². The number of hydrogen-bond donors (Lipinski definition) is 1. The lowest BCUT2D eigenvalue weighted by molar-refractivity contribution is -0.124. The molecule has 0 spiro atoms. The summed E-state index contributed by atoms with van der Waals surface area (Å²) in [6.45, 7) is 1.13. The first-order valence-electron chi connectivity index (χ1n) is 8.99. The van der Waals surface area contributed by atoms with E-state index in [1.54, 1.807) is 0 Å². The molecule has 0 radical (unpaired) electrons. The third-order valence-electron chi connectivity index (χ3n) is 4.65. The molecule has 2 heterocycles. The second-order valence-electron chi connectivity index (χ2n) is 6.50. The second-order valence-corrected chi connectivity index (χ2v) is 6.94. The van der Waals surface area contributed by atoms with Crippen molar-refractivity contribution in [1.29, 1.82) is 0 Å². The Morgan fingerprint density at radius 1 is 1.14 bits per heavy atom. The van der Waals surface area contributed by atoms with E-state index in [1.165, 1.54) is 11.0 Å². The van der Waals surface area contributed by atoms with Crippen LogP contribution < -0.4 is 5.32 Å². The van der Waals surface area contributed by atoms with Crippen LogP contribution >= 0.6 is 11.6 Å². The van der Waals surface area contributed by atoms with Crippen molar-refractivity contribution in [2.24, 2.45) is 0 Å². The SMILES string of the molecule is O=C(NCCn1ccc2ccc(Cl)cc21)[C@@H](Cc1ccccc1)n1cnnn1. The molecule has 0 bridgehead atoms. The summed E-state index contributed by atoms with van der Waals surface area (Å²) in [5, 5.41) is 16.1. The Morgan fingerprint density at radius 3 is 2.79 bits per heavy atom. The summed E-state index contributed by atoms with van der Waals surface area (Å²) < 4.78 is 3.57. The van der Waals surface area contributed by atoms with Crippen LogP contribution in [0.4, 0.5) is 0 Å². The Balaban J connectivity index is 1.43. The van der Waals surface area contributed by atoms with Gasteiger partial charge in [0.05, 0.1) is 0 Å². The van der Waals surface area contributed by atoms with E-state index in [4.69, 9.17) is 11.6 Å². The first-order chi connectivity index (χ1) is 13.7. The lowest BCUT2D eigenvalue weighted by atomic mass is 10.1. The zero-order valence-electron chi connectivity index (χ0n) is 15.1. The van der Waals surface area contributed by atoms with Gasteiger partial charge in [0.2, 0.25) is 5.91 Å². The molecule has 142 valence electrons. The topological polar surface area (TPSA) is 77.6 Å². The van der Waals surface area contributed by atoms with Crippen LogP contribution in [0.25, 0.3) is 10.9 Å². The first kappa shape index (κ1) is 18.2. The zero-order chi connectivity index (χ0) is 19.3. The largest absolute Gasteiger partial charge is 0.352 e. The predicted molar refractivity (Wildman–Crippen MR) is 107 cm³/mol. The minimum Gasteiger partial charge on any atom is -0.352 e. The second kappa shape index (κ2) is 8.22. The minimum atomic E-state index is -0.506. The molecular formula is C20H19ClN6O. The van der Waals surface area contributed by atoms with Gasteiger partial charge in [-0.15, -0.1) is 5.10 Å².